The summed E-state index contributed by atoms with van der Waals surface area (Å²) in [6.07, 6.45) is 0.467. The zero-order valence-electron chi connectivity index (χ0n) is 12.3. The van der Waals surface area contributed by atoms with Gasteiger partial charge in [-0.2, -0.15) is 5.26 Å². The first kappa shape index (κ1) is 15.8. The quantitative estimate of drug-likeness (QED) is 0.865. The highest BCUT2D eigenvalue weighted by Crippen LogP contribution is 2.25. The summed E-state index contributed by atoms with van der Waals surface area (Å²) in [5, 5.41) is 11.8. The number of ether oxygens (including phenoxy) is 2. The second kappa shape index (κ2) is 6.80. The molecule has 0 fully saturated rings. The van der Waals surface area contributed by atoms with Crippen molar-refractivity contribution in [2.24, 2.45) is 5.41 Å². The molecule has 1 aromatic rings. The Bertz CT molecular complexity index is 522. The Morgan fingerprint density at radius 1 is 1.40 bits per heavy atom. The first-order chi connectivity index (χ1) is 9.50. The van der Waals surface area contributed by atoms with Gasteiger partial charge in [-0.1, -0.05) is 6.92 Å². The Labute approximate surface area is 119 Å². The van der Waals surface area contributed by atoms with Crippen LogP contribution >= 0.6 is 0 Å². The summed E-state index contributed by atoms with van der Waals surface area (Å²) in [6.45, 7) is 3.76. The number of carbonyl (C=O) groups is 1. The first-order valence-corrected chi connectivity index (χ1v) is 6.41. The lowest BCUT2D eigenvalue weighted by Gasteiger charge is -2.19. The van der Waals surface area contributed by atoms with Gasteiger partial charge < -0.3 is 14.8 Å². The van der Waals surface area contributed by atoms with E-state index in [2.05, 4.69) is 5.32 Å². The molecular formula is C15H20N2O3. The van der Waals surface area contributed by atoms with Crippen molar-refractivity contribution in [2.75, 3.05) is 14.2 Å². The predicted molar refractivity (Wildman–Crippen MR) is 75.4 cm³/mol. The van der Waals surface area contributed by atoms with E-state index in [1.165, 1.54) is 0 Å². The van der Waals surface area contributed by atoms with Gasteiger partial charge in [-0.05, 0) is 25.5 Å². The maximum atomic E-state index is 12.0. The zero-order valence-corrected chi connectivity index (χ0v) is 12.3. The molecule has 0 radical (unpaired) electrons. The summed E-state index contributed by atoms with van der Waals surface area (Å²) in [6, 6.07) is 7.43. The van der Waals surface area contributed by atoms with Crippen molar-refractivity contribution in [3.63, 3.8) is 0 Å². The number of nitrogens with one attached hydrogen (secondary N) is 1. The molecule has 0 aliphatic rings. The lowest BCUT2D eigenvalue weighted by molar-refractivity contribution is -0.127. The average Bonchev–Trinajstić information content (AvgIpc) is 2.51. The molecule has 0 saturated carbocycles. The lowest BCUT2D eigenvalue weighted by atomic mass is 9.88. The molecule has 20 heavy (non-hydrogen) atoms. The van der Waals surface area contributed by atoms with Crippen LogP contribution in [-0.4, -0.2) is 20.1 Å². The molecule has 1 atom stereocenters. The number of nitriles is 1. The molecule has 0 spiro atoms. The lowest BCUT2D eigenvalue weighted by Crippen LogP contribution is -2.37. The van der Waals surface area contributed by atoms with Gasteiger partial charge in [0.05, 0.1) is 20.3 Å². The highest BCUT2D eigenvalue weighted by atomic mass is 16.5. The van der Waals surface area contributed by atoms with Gasteiger partial charge in [-0.3, -0.25) is 4.79 Å². The van der Waals surface area contributed by atoms with Crippen molar-refractivity contribution >= 4 is 5.91 Å². The van der Waals surface area contributed by atoms with Gasteiger partial charge in [0.2, 0.25) is 5.91 Å². The third kappa shape index (κ3) is 3.41. The van der Waals surface area contributed by atoms with Crippen LogP contribution in [0, 0.1) is 16.7 Å². The van der Waals surface area contributed by atoms with Crippen LogP contribution in [-0.2, 0) is 11.3 Å². The normalized spacial score (nSPS) is 12.9. The summed E-state index contributed by atoms with van der Waals surface area (Å²) < 4.78 is 10.4. The van der Waals surface area contributed by atoms with Crippen molar-refractivity contribution in [1.29, 1.82) is 5.26 Å². The molecule has 5 nitrogen and oxygen atoms in total. The third-order valence-electron chi connectivity index (χ3n) is 3.39. The van der Waals surface area contributed by atoms with Crippen LogP contribution in [0.4, 0.5) is 0 Å². The van der Waals surface area contributed by atoms with Gasteiger partial charge >= 0.3 is 0 Å². The Morgan fingerprint density at radius 2 is 2.10 bits per heavy atom. The molecule has 0 aromatic heterocycles. The molecule has 1 amide bonds. The van der Waals surface area contributed by atoms with Crippen molar-refractivity contribution in [1.82, 2.24) is 5.32 Å². The second-order valence-corrected chi connectivity index (χ2v) is 4.66. The summed E-state index contributed by atoms with van der Waals surface area (Å²) in [5.74, 6) is 1.05. The number of methoxy groups -OCH3 is 2. The molecular weight excluding hydrogens is 256 g/mol. The number of hydrogen-bond acceptors (Lipinski definition) is 4. The van der Waals surface area contributed by atoms with E-state index in [0.29, 0.717) is 24.5 Å². The van der Waals surface area contributed by atoms with Crippen LogP contribution in [0.25, 0.3) is 0 Å². The standard InChI is InChI=1S/C15H20N2O3/c1-5-15(2,10-16)14(18)17-9-11-6-7-12(19-3)8-13(11)20-4/h6-8H,5,9H2,1-4H3,(H,17,18). The largest absolute Gasteiger partial charge is 0.497 e. The highest BCUT2D eigenvalue weighted by Gasteiger charge is 2.30. The SMILES string of the molecule is CCC(C)(C#N)C(=O)NCc1ccc(OC)cc1OC. The number of hydrogen-bond donors (Lipinski definition) is 1. The first-order valence-electron chi connectivity index (χ1n) is 6.41. The summed E-state index contributed by atoms with van der Waals surface area (Å²) >= 11 is 0. The fourth-order valence-corrected chi connectivity index (χ4v) is 1.66. The van der Waals surface area contributed by atoms with E-state index in [4.69, 9.17) is 14.7 Å². The number of amides is 1. The molecule has 0 saturated heterocycles. The number of rotatable bonds is 6. The van der Waals surface area contributed by atoms with E-state index < -0.39 is 5.41 Å². The van der Waals surface area contributed by atoms with Gasteiger partial charge in [-0.25, -0.2) is 0 Å². The maximum Gasteiger partial charge on any atom is 0.240 e. The van der Waals surface area contributed by atoms with Crippen LogP contribution in [0.15, 0.2) is 18.2 Å². The zero-order chi connectivity index (χ0) is 15.2. The van der Waals surface area contributed by atoms with Gasteiger partial charge in [-0.15, -0.1) is 0 Å². The van der Waals surface area contributed by atoms with Crippen molar-refractivity contribution < 1.29 is 14.3 Å². The molecule has 1 rings (SSSR count). The van der Waals surface area contributed by atoms with Crippen molar-refractivity contribution in [2.45, 2.75) is 26.8 Å². The Hall–Kier alpha value is -2.22. The van der Waals surface area contributed by atoms with Crippen molar-refractivity contribution in [3.05, 3.63) is 23.8 Å². The predicted octanol–water partition coefficient (Wildman–Crippen LogP) is 2.26. The van der Waals surface area contributed by atoms with E-state index in [1.54, 1.807) is 33.3 Å². The van der Waals surface area contributed by atoms with Gasteiger partial charge in [0.15, 0.2) is 0 Å². The third-order valence-corrected chi connectivity index (χ3v) is 3.39. The fraction of sp³-hybridized carbons (Fsp3) is 0.467. The van der Waals surface area contributed by atoms with E-state index in [1.807, 2.05) is 19.1 Å². The van der Waals surface area contributed by atoms with E-state index in [9.17, 15) is 4.79 Å². The molecule has 1 aromatic carbocycles. The van der Waals surface area contributed by atoms with Gasteiger partial charge in [0.1, 0.15) is 16.9 Å². The minimum absolute atomic E-state index is 0.277. The van der Waals surface area contributed by atoms with E-state index >= 15 is 0 Å². The summed E-state index contributed by atoms with van der Waals surface area (Å²) in [7, 11) is 3.14. The minimum atomic E-state index is -1.00. The molecule has 108 valence electrons. The van der Waals surface area contributed by atoms with Crippen molar-refractivity contribution in [3.8, 4) is 17.6 Å². The van der Waals surface area contributed by atoms with Crippen LogP contribution in [0.2, 0.25) is 0 Å². The van der Waals surface area contributed by atoms with Crippen LogP contribution in [0.1, 0.15) is 25.8 Å². The average molecular weight is 276 g/mol. The molecule has 1 unspecified atom stereocenters. The van der Waals surface area contributed by atoms with Crippen LogP contribution in [0.5, 0.6) is 11.5 Å². The van der Waals surface area contributed by atoms with Crippen LogP contribution in [0.3, 0.4) is 0 Å². The topological polar surface area (TPSA) is 71.4 Å². The molecule has 1 N–H and O–H groups in total. The Balaban J connectivity index is 2.81. The Kier molecular flexibility index (Phi) is 5.39. The smallest absolute Gasteiger partial charge is 0.240 e. The summed E-state index contributed by atoms with van der Waals surface area (Å²) in [5.41, 5.74) is -0.169. The highest BCUT2D eigenvalue weighted by molar-refractivity contribution is 5.84. The fourth-order valence-electron chi connectivity index (χ4n) is 1.66. The Morgan fingerprint density at radius 3 is 2.60 bits per heavy atom. The summed E-state index contributed by atoms with van der Waals surface area (Å²) in [4.78, 5) is 12.0. The van der Waals surface area contributed by atoms with E-state index in [0.717, 1.165) is 5.56 Å². The van der Waals surface area contributed by atoms with Gasteiger partial charge in [0.25, 0.3) is 0 Å². The monoisotopic (exact) mass is 276 g/mol. The van der Waals surface area contributed by atoms with E-state index in [-0.39, 0.29) is 5.91 Å². The maximum absolute atomic E-state index is 12.0. The minimum Gasteiger partial charge on any atom is -0.497 e. The number of carbonyl (C=O) groups excluding carboxylic acids is 1. The molecule has 5 heteroatoms. The molecule has 0 heterocycles. The second-order valence-electron chi connectivity index (χ2n) is 4.66. The number of nitrogens with zero attached hydrogens (tertiary/aromatic N) is 1. The van der Waals surface area contributed by atoms with Crippen LogP contribution < -0.4 is 14.8 Å². The van der Waals surface area contributed by atoms with Gasteiger partial charge in [0, 0.05) is 18.2 Å². The number of benzene rings is 1. The molecule has 0 aliphatic heterocycles. The molecule has 0 aliphatic carbocycles. The molecule has 0 bridgehead atoms.